The van der Waals surface area contributed by atoms with E-state index in [4.69, 9.17) is 14.2 Å². The number of rotatable bonds is 5. The highest BCUT2D eigenvalue weighted by atomic mass is 16.7. The maximum atomic E-state index is 12.1. The van der Waals surface area contributed by atoms with Gasteiger partial charge >= 0.3 is 11.9 Å². The molecule has 0 unspecified atom stereocenters. The van der Waals surface area contributed by atoms with Crippen molar-refractivity contribution in [3.8, 4) is 0 Å². The molecule has 7 nitrogen and oxygen atoms in total. The molecule has 3 aliphatic rings. The summed E-state index contributed by atoms with van der Waals surface area (Å²) in [7, 11) is 1.47. The van der Waals surface area contributed by atoms with Gasteiger partial charge in [0, 0.05) is 36.9 Å². The van der Waals surface area contributed by atoms with Crippen LogP contribution in [0.1, 0.15) is 66.7 Å². The van der Waals surface area contributed by atoms with Crippen LogP contribution in [0.5, 0.6) is 0 Å². The fourth-order valence-corrected chi connectivity index (χ4v) is 6.58. The highest BCUT2D eigenvalue weighted by Gasteiger charge is 2.67. The molecule has 170 valence electrons. The van der Waals surface area contributed by atoms with Crippen molar-refractivity contribution in [2.75, 3.05) is 7.11 Å². The third-order valence-corrected chi connectivity index (χ3v) is 8.10. The van der Waals surface area contributed by atoms with Gasteiger partial charge in [-0.2, -0.15) is 0 Å². The first-order valence-electron chi connectivity index (χ1n) is 10.9. The van der Waals surface area contributed by atoms with Crippen LogP contribution in [0.15, 0.2) is 11.6 Å². The average molecular weight is 425 g/mol. The van der Waals surface area contributed by atoms with Crippen LogP contribution in [0, 0.1) is 22.7 Å². The lowest BCUT2D eigenvalue weighted by molar-refractivity contribution is -0.281. The second-order valence-corrected chi connectivity index (χ2v) is 10.2. The summed E-state index contributed by atoms with van der Waals surface area (Å²) in [5.74, 6) is -1.61. The summed E-state index contributed by atoms with van der Waals surface area (Å²) < 4.78 is 15.9. The third-order valence-electron chi connectivity index (χ3n) is 8.10. The Morgan fingerprint density at radius 3 is 2.53 bits per heavy atom. The van der Waals surface area contributed by atoms with Gasteiger partial charge in [-0.15, -0.1) is 0 Å². The zero-order chi connectivity index (χ0) is 22.5. The molecular formula is C23H36O7. The first kappa shape index (κ1) is 23.2. The fourth-order valence-electron chi connectivity index (χ4n) is 6.58. The lowest BCUT2D eigenvalue weighted by atomic mass is 9.42. The van der Waals surface area contributed by atoms with E-state index in [9.17, 15) is 19.8 Å². The van der Waals surface area contributed by atoms with Crippen molar-refractivity contribution in [1.29, 1.82) is 0 Å². The summed E-state index contributed by atoms with van der Waals surface area (Å²) in [6.45, 7) is 9.46. The Morgan fingerprint density at radius 1 is 1.30 bits per heavy atom. The molecule has 0 aromatic heterocycles. The highest BCUT2D eigenvalue weighted by molar-refractivity contribution is 5.90. The van der Waals surface area contributed by atoms with Crippen molar-refractivity contribution in [1.82, 2.24) is 0 Å². The smallest absolute Gasteiger partial charge is 0.336 e. The molecule has 1 aliphatic heterocycles. The summed E-state index contributed by atoms with van der Waals surface area (Å²) in [5.41, 5.74) is -1.57. The number of hydrogen-bond acceptors (Lipinski definition) is 7. The van der Waals surface area contributed by atoms with Crippen molar-refractivity contribution in [2.24, 2.45) is 22.7 Å². The second-order valence-electron chi connectivity index (χ2n) is 10.2. The van der Waals surface area contributed by atoms with Crippen LogP contribution in [0.4, 0.5) is 0 Å². The van der Waals surface area contributed by atoms with Crippen molar-refractivity contribution in [3.63, 3.8) is 0 Å². The minimum absolute atomic E-state index is 0.213. The topological polar surface area (TPSA) is 102 Å². The van der Waals surface area contributed by atoms with Gasteiger partial charge < -0.3 is 24.4 Å². The van der Waals surface area contributed by atoms with Crippen molar-refractivity contribution >= 4 is 11.9 Å². The lowest BCUT2D eigenvalue weighted by Gasteiger charge is -2.65. The summed E-state index contributed by atoms with van der Waals surface area (Å²) in [6.07, 6.45) is 2.53. The summed E-state index contributed by atoms with van der Waals surface area (Å²) in [5, 5.41) is 23.3. The van der Waals surface area contributed by atoms with E-state index in [2.05, 4.69) is 20.8 Å². The number of hydrogen-bond donors (Lipinski definition) is 2. The van der Waals surface area contributed by atoms with Crippen LogP contribution in [0.3, 0.4) is 0 Å². The molecule has 1 heterocycles. The summed E-state index contributed by atoms with van der Waals surface area (Å²) in [6, 6.07) is 0. The number of aliphatic hydroxyl groups excluding tert-OH is 1. The summed E-state index contributed by atoms with van der Waals surface area (Å²) >= 11 is 0. The molecule has 2 saturated carbocycles. The number of cyclic esters (lactones) is 1. The van der Waals surface area contributed by atoms with Gasteiger partial charge in [-0.3, -0.25) is 4.79 Å². The van der Waals surface area contributed by atoms with Crippen LogP contribution < -0.4 is 0 Å². The van der Waals surface area contributed by atoms with Crippen LogP contribution in [-0.4, -0.2) is 53.4 Å². The van der Waals surface area contributed by atoms with E-state index < -0.39 is 47.4 Å². The molecule has 3 rings (SSSR count). The van der Waals surface area contributed by atoms with E-state index in [-0.39, 0.29) is 11.3 Å². The van der Waals surface area contributed by atoms with E-state index >= 15 is 0 Å². The van der Waals surface area contributed by atoms with Crippen LogP contribution in [-0.2, 0) is 23.8 Å². The van der Waals surface area contributed by atoms with E-state index in [0.717, 1.165) is 19.3 Å². The molecule has 2 aliphatic carbocycles. The molecule has 0 amide bonds. The van der Waals surface area contributed by atoms with Crippen molar-refractivity contribution in [2.45, 2.75) is 90.8 Å². The minimum Gasteiger partial charge on any atom is -0.459 e. The molecule has 0 bridgehead atoms. The molecule has 0 aromatic carbocycles. The SMILES string of the molecule is CO[C@@H]1C=C(CC[C@@]2(O)[C@H](C)[C@@H](O)[C@@H](OC(C)=O)[C@H]3C(C)(C)CCC[C@@]32C)C(=O)O1. The van der Waals surface area contributed by atoms with Crippen LogP contribution in [0.25, 0.3) is 0 Å². The Bertz CT molecular complexity index is 729. The predicted octanol–water partition coefficient (Wildman–Crippen LogP) is 2.73. The summed E-state index contributed by atoms with van der Waals surface area (Å²) in [4.78, 5) is 24.0. The maximum absolute atomic E-state index is 12.1. The normalized spacial score (nSPS) is 42.9. The Balaban J connectivity index is 1.97. The largest absolute Gasteiger partial charge is 0.459 e. The number of carbonyl (C=O) groups is 2. The standard InChI is InChI=1S/C23H36O7/c1-13-17(25)18(29-14(2)24)19-21(3,4)9-7-10-22(19,5)23(13,27)11-8-15-12-16(28-6)30-20(15)26/h12-13,16-19,25,27H,7-11H2,1-6H3/t13-,16+,17-,18-,19+,22+,23-/m1/s1. The molecule has 2 N–H and O–H groups in total. The van der Waals surface area contributed by atoms with Gasteiger partial charge in [0.15, 0.2) is 0 Å². The van der Waals surface area contributed by atoms with E-state index in [1.54, 1.807) is 6.08 Å². The predicted molar refractivity (Wildman–Crippen MR) is 109 cm³/mol. The first-order chi connectivity index (χ1) is 13.9. The number of fused-ring (bicyclic) bond motifs is 1. The van der Waals surface area contributed by atoms with Crippen LogP contribution >= 0.6 is 0 Å². The van der Waals surface area contributed by atoms with Gasteiger partial charge in [0.2, 0.25) is 6.29 Å². The molecule has 0 spiro atoms. The molecule has 0 radical (unpaired) electrons. The van der Waals surface area contributed by atoms with Crippen molar-refractivity contribution in [3.05, 3.63) is 11.6 Å². The molecule has 7 heteroatoms. The number of carbonyl (C=O) groups excluding carboxylic acids is 2. The van der Waals surface area contributed by atoms with Gasteiger partial charge in [0.25, 0.3) is 0 Å². The van der Waals surface area contributed by atoms with Gasteiger partial charge in [0.1, 0.15) is 6.10 Å². The van der Waals surface area contributed by atoms with E-state index in [1.807, 2.05) is 6.92 Å². The molecular weight excluding hydrogens is 388 g/mol. The molecule has 0 aromatic rings. The number of methoxy groups -OCH3 is 1. The Kier molecular flexibility index (Phi) is 6.13. The van der Waals surface area contributed by atoms with E-state index in [0.29, 0.717) is 18.4 Å². The Morgan fingerprint density at radius 2 is 1.97 bits per heavy atom. The highest BCUT2D eigenvalue weighted by Crippen LogP contribution is 2.64. The molecule has 0 saturated heterocycles. The lowest BCUT2D eigenvalue weighted by Crippen LogP contribution is -2.71. The van der Waals surface area contributed by atoms with Gasteiger partial charge in [-0.05, 0) is 37.2 Å². The average Bonchev–Trinajstić information content (AvgIpc) is 3.02. The zero-order valence-electron chi connectivity index (χ0n) is 18.9. The molecule has 30 heavy (non-hydrogen) atoms. The Hall–Kier alpha value is -1.44. The maximum Gasteiger partial charge on any atom is 0.336 e. The Labute approximate surface area is 178 Å². The monoisotopic (exact) mass is 424 g/mol. The minimum atomic E-state index is -1.24. The second kappa shape index (κ2) is 7.92. The van der Waals surface area contributed by atoms with Gasteiger partial charge in [-0.25, -0.2) is 4.79 Å². The van der Waals surface area contributed by atoms with Crippen LogP contribution in [0.2, 0.25) is 0 Å². The molecule has 7 atom stereocenters. The number of aliphatic hydroxyl groups is 2. The quantitative estimate of drug-likeness (QED) is 0.654. The van der Waals surface area contributed by atoms with Gasteiger partial charge in [-0.1, -0.05) is 34.1 Å². The van der Waals surface area contributed by atoms with E-state index in [1.165, 1.54) is 14.0 Å². The number of esters is 2. The number of ether oxygens (including phenoxy) is 3. The fraction of sp³-hybridized carbons (Fsp3) is 0.826. The zero-order valence-corrected chi connectivity index (χ0v) is 18.9. The molecule has 2 fully saturated rings. The van der Waals surface area contributed by atoms with Gasteiger partial charge in [0.05, 0.1) is 11.7 Å². The van der Waals surface area contributed by atoms with Crippen molar-refractivity contribution < 1.29 is 34.0 Å². The first-order valence-corrected chi connectivity index (χ1v) is 10.9. The third kappa shape index (κ3) is 3.59.